The van der Waals surface area contributed by atoms with Crippen molar-refractivity contribution in [2.24, 2.45) is 5.10 Å². The van der Waals surface area contributed by atoms with Gasteiger partial charge in [0.1, 0.15) is 11.5 Å². The Bertz CT molecular complexity index is 801. The molecule has 138 valence electrons. The zero-order valence-electron chi connectivity index (χ0n) is 14.6. The van der Waals surface area contributed by atoms with Gasteiger partial charge in [-0.2, -0.15) is 5.10 Å². The molecule has 0 saturated carbocycles. The molecule has 8 heteroatoms. The number of methoxy groups -OCH3 is 2. The smallest absolute Gasteiger partial charge is 0.271 e. The van der Waals surface area contributed by atoms with E-state index in [1.165, 1.54) is 20.4 Å². The molecule has 2 aromatic carbocycles. The highest BCUT2D eigenvalue weighted by Crippen LogP contribution is 2.32. The fourth-order valence-electron chi connectivity index (χ4n) is 2.10. The predicted molar refractivity (Wildman–Crippen MR) is 107 cm³/mol. The number of phenolic OH excluding ortho intramolecular Hbond substituents is 1. The fourth-order valence-corrected chi connectivity index (χ4v) is 2.73. The number of halogens is 1. The van der Waals surface area contributed by atoms with Crippen LogP contribution in [-0.2, 0) is 0 Å². The normalized spacial score (nSPS) is 10.6. The molecule has 26 heavy (non-hydrogen) atoms. The maximum atomic E-state index is 12.3. The second kappa shape index (κ2) is 9.27. The Morgan fingerprint density at radius 1 is 1.19 bits per heavy atom. The van der Waals surface area contributed by atoms with Crippen molar-refractivity contribution in [3.8, 4) is 23.0 Å². The highest BCUT2D eigenvalue weighted by molar-refractivity contribution is 14.1. The van der Waals surface area contributed by atoms with E-state index in [4.69, 9.17) is 14.2 Å². The third kappa shape index (κ3) is 5.01. The van der Waals surface area contributed by atoms with Gasteiger partial charge in [-0.05, 0) is 59.3 Å². The largest absolute Gasteiger partial charge is 0.504 e. The number of hydrogen-bond donors (Lipinski definition) is 2. The summed E-state index contributed by atoms with van der Waals surface area (Å²) in [5.41, 5.74) is 3.48. The number of nitrogens with one attached hydrogen (secondary N) is 1. The maximum absolute atomic E-state index is 12.3. The third-order valence-electron chi connectivity index (χ3n) is 3.34. The first-order chi connectivity index (χ1) is 12.5. The summed E-state index contributed by atoms with van der Waals surface area (Å²) in [6.45, 7) is 2.26. The van der Waals surface area contributed by atoms with Crippen molar-refractivity contribution in [1.82, 2.24) is 5.43 Å². The Morgan fingerprint density at radius 3 is 2.42 bits per heavy atom. The molecular weight excluding hydrogens is 451 g/mol. The van der Waals surface area contributed by atoms with E-state index in [1.807, 2.05) is 29.5 Å². The number of hydrogen-bond acceptors (Lipinski definition) is 6. The van der Waals surface area contributed by atoms with Gasteiger partial charge in [-0.1, -0.05) is 0 Å². The Balaban J connectivity index is 2.14. The van der Waals surface area contributed by atoms with Crippen LogP contribution in [0.5, 0.6) is 23.0 Å². The summed E-state index contributed by atoms with van der Waals surface area (Å²) in [7, 11) is 3.02. The van der Waals surface area contributed by atoms with Crippen LogP contribution in [0.2, 0.25) is 0 Å². The Kier molecular flexibility index (Phi) is 7.07. The van der Waals surface area contributed by atoms with E-state index in [2.05, 4.69) is 10.5 Å². The molecule has 0 heterocycles. The number of nitrogens with zero attached hydrogens (tertiary/aromatic N) is 1. The van der Waals surface area contributed by atoms with Gasteiger partial charge in [-0.25, -0.2) is 5.43 Å². The first kappa shape index (κ1) is 19.8. The number of carbonyl (C=O) groups excluding carboxylic acids is 1. The zero-order chi connectivity index (χ0) is 19.1. The minimum Gasteiger partial charge on any atom is -0.504 e. The molecule has 0 spiro atoms. The van der Waals surface area contributed by atoms with E-state index in [0.29, 0.717) is 38.6 Å². The molecule has 2 N–H and O–H groups in total. The van der Waals surface area contributed by atoms with Crippen LogP contribution in [-0.4, -0.2) is 38.1 Å². The Labute approximate surface area is 165 Å². The van der Waals surface area contributed by atoms with Crippen LogP contribution >= 0.6 is 22.6 Å². The molecule has 2 rings (SSSR count). The van der Waals surface area contributed by atoms with Gasteiger partial charge in [-0.15, -0.1) is 0 Å². The molecule has 0 unspecified atom stereocenters. The third-order valence-corrected chi connectivity index (χ3v) is 4.17. The number of aromatic hydroxyl groups is 1. The summed E-state index contributed by atoms with van der Waals surface area (Å²) >= 11 is 2.00. The van der Waals surface area contributed by atoms with Crippen LogP contribution in [0.1, 0.15) is 22.8 Å². The maximum Gasteiger partial charge on any atom is 0.271 e. The number of amides is 1. The minimum atomic E-state index is -0.406. The average Bonchev–Trinajstić information content (AvgIpc) is 2.65. The van der Waals surface area contributed by atoms with Crippen molar-refractivity contribution in [2.75, 3.05) is 20.8 Å². The van der Waals surface area contributed by atoms with Gasteiger partial charge in [-0.3, -0.25) is 4.79 Å². The molecule has 0 radical (unpaired) electrons. The van der Waals surface area contributed by atoms with E-state index in [-0.39, 0.29) is 5.75 Å². The van der Waals surface area contributed by atoms with Crippen LogP contribution < -0.4 is 19.6 Å². The number of rotatable bonds is 7. The molecule has 0 aliphatic rings. The van der Waals surface area contributed by atoms with Gasteiger partial charge in [0, 0.05) is 11.6 Å². The molecule has 0 aliphatic carbocycles. The van der Waals surface area contributed by atoms with Gasteiger partial charge in [0.15, 0.2) is 11.5 Å². The average molecular weight is 470 g/mol. The van der Waals surface area contributed by atoms with Crippen molar-refractivity contribution >= 4 is 34.7 Å². The lowest BCUT2D eigenvalue weighted by Gasteiger charge is -2.08. The first-order valence-corrected chi connectivity index (χ1v) is 8.78. The van der Waals surface area contributed by atoms with E-state index in [1.54, 1.807) is 30.3 Å². The summed E-state index contributed by atoms with van der Waals surface area (Å²) in [6.07, 6.45) is 1.47. The topological polar surface area (TPSA) is 89.4 Å². The summed E-state index contributed by atoms with van der Waals surface area (Å²) in [5.74, 6) is 1.06. The summed E-state index contributed by atoms with van der Waals surface area (Å²) in [6, 6.07) is 8.22. The van der Waals surface area contributed by atoms with E-state index in [9.17, 15) is 9.90 Å². The van der Waals surface area contributed by atoms with E-state index in [0.717, 1.165) is 0 Å². The number of carbonyl (C=O) groups is 1. The van der Waals surface area contributed by atoms with E-state index >= 15 is 0 Å². The molecule has 2 aromatic rings. The summed E-state index contributed by atoms with van der Waals surface area (Å²) in [5, 5.41) is 13.9. The fraction of sp³-hybridized carbons (Fsp3) is 0.222. The van der Waals surface area contributed by atoms with Crippen LogP contribution in [0.25, 0.3) is 0 Å². The molecule has 0 aromatic heterocycles. The quantitative estimate of drug-likeness (QED) is 0.369. The van der Waals surface area contributed by atoms with Crippen molar-refractivity contribution < 1.29 is 24.1 Å². The standard InChI is InChI=1S/C18H19IN2O5/c1-4-26-16-6-11(5-15(19)17(16)22)10-20-21-18(23)12-7-13(24-2)9-14(8-12)25-3/h5-10,22H,4H2,1-3H3,(H,21,23)/b20-10+. The lowest BCUT2D eigenvalue weighted by atomic mass is 10.2. The highest BCUT2D eigenvalue weighted by atomic mass is 127. The monoisotopic (exact) mass is 470 g/mol. The lowest BCUT2D eigenvalue weighted by Crippen LogP contribution is -2.17. The lowest BCUT2D eigenvalue weighted by molar-refractivity contribution is 0.0954. The minimum absolute atomic E-state index is 0.0807. The number of phenols is 1. The predicted octanol–water partition coefficient (Wildman–Crippen LogP) is 3.18. The second-order valence-electron chi connectivity index (χ2n) is 5.08. The zero-order valence-corrected chi connectivity index (χ0v) is 16.7. The molecule has 0 fully saturated rings. The van der Waals surface area contributed by atoms with Crippen molar-refractivity contribution in [1.29, 1.82) is 0 Å². The molecule has 0 saturated heterocycles. The van der Waals surface area contributed by atoms with Gasteiger partial charge in [0.25, 0.3) is 5.91 Å². The van der Waals surface area contributed by atoms with Crippen LogP contribution in [0.3, 0.4) is 0 Å². The molecule has 0 bridgehead atoms. The number of ether oxygens (including phenoxy) is 3. The summed E-state index contributed by atoms with van der Waals surface area (Å²) in [4.78, 5) is 12.3. The van der Waals surface area contributed by atoms with Crippen molar-refractivity contribution in [2.45, 2.75) is 6.92 Å². The molecule has 7 nitrogen and oxygen atoms in total. The van der Waals surface area contributed by atoms with Gasteiger partial charge < -0.3 is 19.3 Å². The van der Waals surface area contributed by atoms with E-state index < -0.39 is 5.91 Å². The molecule has 0 atom stereocenters. The Morgan fingerprint density at radius 2 is 1.85 bits per heavy atom. The highest BCUT2D eigenvalue weighted by Gasteiger charge is 2.10. The first-order valence-electron chi connectivity index (χ1n) is 7.70. The van der Waals surface area contributed by atoms with Gasteiger partial charge >= 0.3 is 0 Å². The second-order valence-corrected chi connectivity index (χ2v) is 6.25. The van der Waals surface area contributed by atoms with Crippen molar-refractivity contribution in [3.05, 3.63) is 45.0 Å². The van der Waals surface area contributed by atoms with Crippen LogP contribution in [0.4, 0.5) is 0 Å². The number of hydrazone groups is 1. The molecule has 0 aliphatic heterocycles. The van der Waals surface area contributed by atoms with Crippen LogP contribution in [0, 0.1) is 3.57 Å². The molecule has 1 amide bonds. The Hall–Kier alpha value is -2.49. The van der Waals surface area contributed by atoms with Crippen LogP contribution in [0.15, 0.2) is 35.4 Å². The van der Waals surface area contributed by atoms with Gasteiger partial charge in [0.05, 0.1) is 30.6 Å². The SMILES string of the molecule is CCOc1cc(/C=N/NC(=O)c2cc(OC)cc(OC)c2)cc(I)c1O. The summed E-state index contributed by atoms with van der Waals surface area (Å²) < 4.78 is 16.3. The van der Waals surface area contributed by atoms with Gasteiger partial charge in [0.2, 0.25) is 0 Å². The number of benzene rings is 2. The molecular formula is C18H19IN2O5. The van der Waals surface area contributed by atoms with Crippen molar-refractivity contribution in [3.63, 3.8) is 0 Å².